The van der Waals surface area contributed by atoms with Crippen molar-refractivity contribution in [1.29, 1.82) is 5.26 Å². The molecule has 0 aliphatic heterocycles. The minimum atomic E-state index is -5.42. The van der Waals surface area contributed by atoms with E-state index in [2.05, 4.69) is 0 Å². The van der Waals surface area contributed by atoms with Crippen molar-refractivity contribution in [2.45, 2.75) is 49.4 Å². The van der Waals surface area contributed by atoms with Gasteiger partial charge in [0.05, 0.1) is 66.8 Å². The average molecular weight is 1070 g/mol. The summed E-state index contributed by atoms with van der Waals surface area (Å²) < 4.78 is 260. The van der Waals surface area contributed by atoms with Crippen molar-refractivity contribution in [2.24, 2.45) is 0 Å². The molecule has 0 radical (unpaired) electrons. The Hall–Kier alpha value is -8.15. The number of benzene rings is 7. The zero-order valence-corrected chi connectivity index (χ0v) is 37.8. The van der Waals surface area contributed by atoms with Crippen LogP contribution in [0.25, 0.3) is 77.2 Å². The van der Waals surface area contributed by atoms with Crippen LogP contribution in [-0.4, -0.2) is 21.5 Å². The van der Waals surface area contributed by atoms with Crippen LogP contribution >= 0.6 is 0 Å². The molecule has 2 aromatic heterocycles. The third kappa shape index (κ3) is 9.16. The molecule has 9 aromatic rings. The quantitative estimate of drug-likeness (QED) is 0.158. The van der Waals surface area contributed by atoms with Crippen molar-refractivity contribution in [3.63, 3.8) is 0 Å². The Morgan fingerprint density at radius 3 is 1.36 bits per heavy atom. The Morgan fingerprint density at radius 2 is 0.868 bits per heavy atom. The highest BCUT2D eigenvalue weighted by molar-refractivity contribution is 6.12. The fraction of sp³-hybridized carbons (Fsp3) is 0.145. The molecular weight excluding hydrogens is 1040 g/mol. The van der Waals surface area contributed by atoms with Crippen LogP contribution in [0.3, 0.4) is 0 Å². The zero-order chi connectivity index (χ0) is 54.8. The van der Waals surface area contributed by atoms with Gasteiger partial charge in [-0.2, -0.15) is 84.3 Å². The number of halogens is 18. The Balaban J connectivity index is 1.31. The molecule has 0 saturated heterocycles. The van der Waals surface area contributed by atoms with E-state index in [9.17, 15) is 84.3 Å². The first-order valence-corrected chi connectivity index (χ1v) is 22.2. The van der Waals surface area contributed by atoms with Crippen LogP contribution in [0.15, 0.2) is 157 Å². The number of nitriles is 1. The Bertz CT molecular complexity index is 3890. The molecule has 1 aliphatic carbocycles. The van der Waals surface area contributed by atoms with Crippen LogP contribution in [0.5, 0.6) is 0 Å². The Morgan fingerprint density at radius 1 is 0.408 bits per heavy atom. The number of hydrogen-bond acceptors (Lipinski definition) is 1. The van der Waals surface area contributed by atoms with Crippen LogP contribution in [0.4, 0.5) is 79.0 Å². The highest BCUT2D eigenvalue weighted by Gasteiger charge is 2.43. The number of alkyl halides is 18. The van der Waals surface area contributed by atoms with Crippen molar-refractivity contribution >= 4 is 43.6 Å². The van der Waals surface area contributed by atoms with E-state index in [4.69, 9.17) is 0 Å². The number of rotatable bonds is 5. The molecule has 0 fully saturated rings. The van der Waals surface area contributed by atoms with Gasteiger partial charge in [-0.1, -0.05) is 66.7 Å². The van der Waals surface area contributed by atoms with Gasteiger partial charge in [0.25, 0.3) is 0 Å². The van der Waals surface area contributed by atoms with E-state index in [0.717, 1.165) is 12.1 Å². The molecule has 21 heteroatoms. The van der Waals surface area contributed by atoms with Gasteiger partial charge in [0.15, 0.2) is 0 Å². The summed E-state index contributed by atoms with van der Waals surface area (Å²) in [6, 6.07) is 25.5. The minimum Gasteiger partial charge on any atom is -0.309 e. The van der Waals surface area contributed by atoms with Crippen molar-refractivity contribution in [2.75, 3.05) is 0 Å². The van der Waals surface area contributed by atoms with Crippen LogP contribution in [0.1, 0.15) is 45.7 Å². The maximum absolute atomic E-state index is 14.7. The second-order valence-corrected chi connectivity index (χ2v) is 17.9. The first kappa shape index (κ1) is 51.3. The summed E-state index contributed by atoms with van der Waals surface area (Å²) in [6.45, 7) is 0. The molecule has 1 unspecified atom stereocenters. The van der Waals surface area contributed by atoms with Gasteiger partial charge in [-0.3, -0.25) is 0 Å². The predicted octanol–water partition coefficient (Wildman–Crippen LogP) is 18.6. The molecule has 0 saturated carbocycles. The monoisotopic (exact) mass is 1070 g/mol. The molecule has 76 heavy (non-hydrogen) atoms. The van der Waals surface area contributed by atoms with E-state index in [1.165, 1.54) is 75.9 Å². The lowest BCUT2D eigenvalue weighted by Crippen LogP contribution is -2.22. The highest BCUT2D eigenvalue weighted by atomic mass is 19.4. The summed E-state index contributed by atoms with van der Waals surface area (Å²) >= 11 is 0. The number of allylic oxidation sites excluding steroid dienone is 4. The Labute approximate surface area is 415 Å². The molecule has 0 N–H and O–H groups in total. The standard InChI is InChI=1S/C55H27F18N3/c56-50(57,58)33-13-29(14-34(22-33)51(59,60)61)27-9-11-41-39-5-1-3-7-44(39)75(47(41)19-27)46-25-43(31-17-37(54(68,69)70)24-38(18-31)55(71,72)73)49(21-32(46)26-74)76-45-8-4-2-6-40(45)42-12-10-28(20-48(42)76)30-15-35(52(62,63)64)23-36(16-30)53(65,66)67/h1-13,15-25,29H,14H2. The normalized spacial score (nSPS) is 15.2. The number of aromatic nitrogens is 2. The maximum Gasteiger partial charge on any atom is 0.416 e. The van der Waals surface area contributed by atoms with E-state index >= 15 is 0 Å². The molecule has 0 amide bonds. The van der Waals surface area contributed by atoms with E-state index < -0.39 is 99.5 Å². The highest BCUT2D eigenvalue weighted by Crippen LogP contribution is 2.48. The third-order valence-electron chi connectivity index (χ3n) is 13.2. The van der Waals surface area contributed by atoms with Crippen molar-refractivity contribution in [3.05, 3.63) is 190 Å². The second kappa shape index (κ2) is 17.5. The minimum absolute atomic E-state index is 0.000720. The second-order valence-electron chi connectivity index (χ2n) is 17.9. The lowest BCUT2D eigenvalue weighted by molar-refractivity contribution is -0.144. The van der Waals surface area contributed by atoms with Gasteiger partial charge >= 0.3 is 37.1 Å². The van der Waals surface area contributed by atoms with E-state index in [-0.39, 0.29) is 73.7 Å². The van der Waals surface area contributed by atoms with Crippen LogP contribution < -0.4 is 0 Å². The molecular formula is C55H27F18N3. The molecule has 2 heterocycles. The Kier molecular flexibility index (Phi) is 11.8. The lowest BCUT2D eigenvalue weighted by atomic mass is 9.84. The van der Waals surface area contributed by atoms with Gasteiger partial charge in [-0.05, 0) is 108 Å². The first-order chi connectivity index (χ1) is 35.4. The zero-order valence-electron chi connectivity index (χ0n) is 37.8. The fourth-order valence-corrected chi connectivity index (χ4v) is 9.78. The number of fused-ring (bicyclic) bond motifs is 6. The SMILES string of the molecule is N#Cc1cc(-n2c3ccccc3c3ccc(-c4cc(C(F)(F)F)cc(C(F)(F)F)c4)cc32)c(-c2cc(C(F)(F)F)cc(C(F)(F)F)c2)cc1-n1c2ccccc2c2ccc(C3C=C(C(F)(F)F)C=C(C(F)(F)F)C3)cc21. The van der Waals surface area contributed by atoms with Gasteiger partial charge < -0.3 is 9.13 Å². The average Bonchev–Trinajstić information content (AvgIpc) is 3.88. The number of nitrogens with zero attached hydrogens (tertiary/aromatic N) is 3. The van der Waals surface area contributed by atoms with Gasteiger partial charge in [0, 0.05) is 38.6 Å². The van der Waals surface area contributed by atoms with Gasteiger partial charge in [-0.15, -0.1) is 0 Å². The number of hydrogen-bond donors (Lipinski definition) is 0. The smallest absolute Gasteiger partial charge is 0.309 e. The summed E-state index contributed by atoms with van der Waals surface area (Å²) in [6.07, 6.45) is -32.1. The lowest BCUT2D eigenvalue weighted by Gasteiger charge is -2.25. The molecule has 388 valence electrons. The summed E-state index contributed by atoms with van der Waals surface area (Å²) in [7, 11) is 0. The predicted molar refractivity (Wildman–Crippen MR) is 246 cm³/mol. The van der Waals surface area contributed by atoms with Crippen LogP contribution in [-0.2, 0) is 24.7 Å². The molecule has 1 atom stereocenters. The maximum atomic E-state index is 14.7. The van der Waals surface area contributed by atoms with Gasteiger partial charge in [0.1, 0.15) is 6.07 Å². The topological polar surface area (TPSA) is 33.6 Å². The van der Waals surface area contributed by atoms with Gasteiger partial charge in [-0.25, -0.2) is 0 Å². The first-order valence-electron chi connectivity index (χ1n) is 22.2. The number of para-hydroxylation sites is 2. The van der Waals surface area contributed by atoms with E-state index in [1.807, 2.05) is 6.07 Å². The fourth-order valence-electron chi connectivity index (χ4n) is 9.78. The molecule has 10 rings (SSSR count). The largest absolute Gasteiger partial charge is 0.416 e. The molecule has 7 aromatic carbocycles. The summed E-state index contributed by atoms with van der Waals surface area (Å²) in [5.74, 6) is -1.55. The van der Waals surface area contributed by atoms with Crippen LogP contribution in [0, 0.1) is 11.3 Å². The van der Waals surface area contributed by atoms with Crippen LogP contribution in [0.2, 0.25) is 0 Å². The van der Waals surface area contributed by atoms with Crippen molar-refractivity contribution < 1.29 is 79.0 Å². The summed E-state index contributed by atoms with van der Waals surface area (Å²) in [5, 5.41) is 12.3. The third-order valence-corrected chi connectivity index (χ3v) is 13.2. The van der Waals surface area contributed by atoms with E-state index in [1.54, 1.807) is 18.2 Å². The van der Waals surface area contributed by atoms with Crippen molar-refractivity contribution in [1.82, 2.24) is 9.13 Å². The summed E-state index contributed by atoms with van der Waals surface area (Å²) in [5.41, 5.74) is -12.8. The summed E-state index contributed by atoms with van der Waals surface area (Å²) in [4.78, 5) is 0. The molecule has 0 spiro atoms. The molecule has 0 bridgehead atoms. The molecule has 3 nitrogen and oxygen atoms in total. The van der Waals surface area contributed by atoms with Gasteiger partial charge in [0.2, 0.25) is 0 Å². The molecule has 1 aliphatic rings. The van der Waals surface area contributed by atoms with Crippen molar-refractivity contribution in [3.8, 4) is 39.7 Å². The van der Waals surface area contributed by atoms with E-state index in [0.29, 0.717) is 46.5 Å².